The number of nitrogens with one attached hydrogen (secondary N) is 2. The average molecular weight is 486 g/mol. The Balaban J connectivity index is 1.64. The molecule has 0 bridgehead atoms. The number of methoxy groups -OCH3 is 1. The number of anilines is 2. The second-order valence-electron chi connectivity index (χ2n) is 8.40. The maximum absolute atomic E-state index is 14.1. The van der Waals surface area contributed by atoms with Crippen molar-refractivity contribution < 1.29 is 23.5 Å². The van der Waals surface area contributed by atoms with Gasteiger partial charge >= 0.3 is 0 Å². The maximum atomic E-state index is 14.1. The van der Waals surface area contributed by atoms with Gasteiger partial charge in [-0.05, 0) is 37.3 Å². The molecular weight excluding hydrogens is 456 g/mol. The first kappa shape index (κ1) is 24.5. The van der Waals surface area contributed by atoms with Crippen LogP contribution in [0.5, 0.6) is 5.75 Å². The topological polar surface area (TPSA) is 91.6 Å². The third-order valence-corrected chi connectivity index (χ3v) is 6.13. The number of halogens is 2. The molecular formula is C25H29F2N5O3. The average Bonchev–Trinajstić information content (AvgIpc) is 3.18. The lowest BCUT2D eigenvalue weighted by Crippen LogP contribution is -2.43. The van der Waals surface area contributed by atoms with Crippen molar-refractivity contribution in [3.8, 4) is 17.1 Å². The smallest absolute Gasteiger partial charge is 0.277 e. The van der Waals surface area contributed by atoms with Gasteiger partial charge in [0.05, 0.1) is 18.5 Å². The molecule has 0 radical (unpaired) electrons. The summed E-state index contributed by atoms with van der Waals surface area (Å²) in [6.07, 6.45) is -0.353. The molecule has 0 unspecified atom stereocenters. The van der Waals surface area contributed by atoms with Crippen LogP contribution in [0.4, 0.5) is 20.2 Å². The zero-order valence-corrected chi connectivity index (χ0v) is 19.9. The third kappa shape index (κ3) is 4.93. The maximum Gasteiger partial charge on any atom is 0.277 e. The Hall–Kier alpha value is -3.66. The molecule has 10 heteroatoms. The monoisotopic (exact) mass is 485 g/mol. The van der Waals surface area contributed by atoms with Crippen molar-refractivity contribution in [3.63, 3.8) is 0 Å². The molecule has 2 heterocycles. The van der Waals surface area contributed by atoms with Gasteiger partial charge in [-0.3, -0.25) is 4.79 Å². The highest BCUT2D eigenvalue weighted by Gasteiger charge is 2.29. The van der Waals surface area contributed by atoms with Crippen LogP contribution in [0.1, 0.15) is 35.1 Å². The molecule has 0 atom stereocenters. The lowest BCUT2D eigenvalue weighted by Gasteiger charge is -2.30. The molecule has 1 aromatic heterocycles. The Kier molecular flexibility index (Phi) is 6.93. The van der Waals surface area contributed by atoms with Gasteiger partial charge in [-0.25, -0.2) is 13.8 Å². The number of rotatable bonds is 7. The molecule has 8 nitrogen and oxygen atoms in total. The van der Waals surface area contributed by atoms with E-state index < -0.39 is 11.8 Å². The molecule has 2 aromatic carbocycles. The normalized spacial score (nSPS) is 14.1. The highest BCUT2D eigenvalue weighted by atomic mass is 19.3. The van der Waals surface area contributed by atoms with Gasteiger partial charge < -0.3 is 25.5 Å². The van der Waals surface area contributed by atoms with Crippen molar-refractivity contribution >= 4 is 17.3 Å². The van der Waals surface area contributed by atoms with E-state index in [-0.39, 0.29) is 29.2 Å². The van der Waals surface area contributed by atoms with Gasteiger partial charge in [0.25, 0.3) is 11.8 Å². The van der Waals surface area contributed by atoms with E-state index in [0.717, 1.165) is 36.6 Å². The van der Waals surface area contributed by atoms with Crippen LogP contribution in [-0.2, 0) is 5.92 Å². The predicted octanol–water partition coefficient (Wildman–Crippen LogP) is 4.27. The van der Waals surface area contributed by atoms with Crippen molar-refractivity contribution in [2.24, 2.45) is 0 Å². The van der Waals surface area contributed by atoms with E-state index in [1.807, 2.05) is 6.07 Å². The summed E-state index contributed by atoms with van der Waals surface area (Å²) >= 11 is 0. The van der Waals surface area contributed by atoms with E-state index in [4.69, 9.17) is 4.74 Å². The zero-order valence-electron chi connectivity index (χ0n) is 19.9. The Morgan fingerprint density at radius 1 is 1.23 bits per heavy atom. The Morgan fingerprint density at radius 2 is 1.97 bits per heavy atom. The van der Waals surface area contributed by atoms with E-state index in [9.17, 15) is 18.8 Å². The van der Waals surface area contributed by atoms with Crippen LogP contribution in [0.25, 0.3) is 11.4 Å². The van der Waals surface area contributed by atoms with Gasteiger partial charge in [0.15, 0.2) is 11.5 Å². The number of benzene rings is 2. The first-order chi connectivity index (χ1) is 16.7. The summed E-state index contributed by atoms with van der Waals surface area (Å²) in [5.41, 5.74) is 1.71. The van der Waals surface area contributed by atoms with Crippen LogP contribution in [0.3, 0.4) is 0 Å². The number of amides is 1. The molecule has 1 aliphatic rings. The summed E-state index contributed by atoms with van der Waals surface area (Å²) in [6, 6.07) is 11.0. The van der Waals surface area contributed by atoms with Gasteiger partial charge in [-0.2, -0.15) is 4.73 Å². The first-order valence-electron chi connectivity index (χ1n) is 11.5. The Labute approximate surface area is 202 Å². The van der Waals surface area contributed by atoms with Crippen LogP contribution >= 0.6 is 0 Å². The van der Waals surface area contributed by atoms with Crippen molar-refractivity contribution in [1.29, 1.82) is 0 Å². The van der Waals surface area contributed by atoms with Gasteiger partial charge in [0.1, 0.15) is 5.75 Å². The number of imidazole rings is 1. The number of nitrogens with zero attached hydrogens (tertiary/aromatic N) is 3. The van der Waals surface area contributed by atoms with Crippen LogP contribution < -0.4 is 20.3 Å². The van der Waals surface area contributed by atoms with E-state index >= 15 is 0 Å². The number of hydrogen-bond donors (Lipinski definition) is 3. The quantitative estimate of drug-likeness (QED) is 0.433. The summed E-state index contributed by atoms with van der Waals surface area (Å²) in [7, 11) is 1.60. The predicted molar refractivity (Wildman–Crippen MR) is 130 cm³/mol. The number of aromatic nitrogens is 2. The molecule has 0 aliphatic carbocycles. The molecule has 1 aliphatic heterocycles. The molecule has 1 saturated heterocycles. The summed E-state index contributed by atoms with van der Waals surface area (Å²) in [5.74, 6) is -2.77. The number of carbonyl (C=O) groups excluding carboxylic acids is 1. The first-order valence-corrected chi connectivity index (χ1v) is 11.5. The van der Waals surface area contributed by atoms with Crippen LogP contribution in [0, 0.1) is 6.92 Å². The van der Waals surface area contributed by atoms with Crippen LogP contribution in [0.15, 0.2) is 42.5 Å². The minimum atomic E-state index is -3.00. The Morgan fingerprint density at radius 3 is 2.66 bits per heavy atom. The number of aryl methyl sites for hydroxylation is 1. The number of hydrogen-bond acceptors (Lipinski definition) is 6. The molecule has 3 N–H and O–H groups in total. The fraction of sp³-hybridized carbons (Fsp3) is 0.360. The van der Waals surface area contributed by atoms with E-state index in [0.29, 0.717) is 17.0 Å². The number of alkyl halides is 2. The van der Waals surface area contributed by atoms with E-state index in [1.54, 1.807) is 26.2 Å². The number of piperazine rings is 1. The minimum absolute atomic E-state index is 0.0767. The molecule has 35 heavy (non-hydrogen) atoms. The third-order valence-electron chi connectivity index (χ3n) is 6.13. The van der Waals surface area contributed by atoms with Crippen molar-refractivity contribution in [2.45, 2.75) is 26.2 Å². The number of carbonyl (C=O) groups is 1. The van der Waals surface area contributed by atoms with E-state index in [2.05, 4.69) is 20.5 Å². The van der Waals surface area contributed by atoms with Crippen molar-refractivity contribution in [2.75, 3.05) is 43.5 Å². The van der Waals surface area contributed by atoms with Crippen LogP contribution in [0.2, 0.25) is 0 Å². The highest BCUT2D eigenvalue weighted by Crippen LogP contribution is 2.35. The number of ether oxygens (including phenoxy) is 1. The molecule has 1 amide bonds. The fourth-order valence-electron chi connectivity index (χ4n) is 4.17. The van der Waals surface area contributed by atoms with Crippen LogP contribution in [-0.4, -0.2) is 54.1 Å². The highest BCUT2D eigenvalue weighted by molar-refractivity contribution is 6.04. The second-order valence-corrected chi connectivity index (χ2v) is 8.40. The van der Waals surface area contributed by atoms with Crippen molar-refractivity contribution in [1.82, 2.24) is 15.0 Å². The van der Waals surface area contributed by atoms with Gasteiger partial charge in [0.2, 0.25) is 0 Å². The lowest BCUT2D eigenvalue weighted by molar-refractivity contribution is -0.00824. The summed E-state index contributed by atoms with van der Waals surface area (Å²) in [4.78, 5) is 19.6. The summed E-state index contributed by atoms with van der Waals surface area (Å²) in [6.45, 7) is 6.29. The zero-order chi connectivity index (χ0) is 25.2. The summed E-state index contributed by atoms with van der Waals surface area (Å²) in [5, 5.41) is 16.8. The largest absolute Gasteiger partial charge is 0.495 e. The van der Waals surface area contributed by atoms with Gasteiger partial charge in [-0.1, -0.05) is 19.1 Å². The molecule has 0 spiro atoms. The second kappa shape index (κ2) is 9.91. The molecule has 4 rings (SSSR count). The van der Waals surface area contributed by atoms with Gasteiger partial charge in [-0.15, -0.1) is 0 Å². The molecule has 3 aromatic rings. The van der Waals surface area contributed by atoms with E-state index in [1.165, 1.54) is 31.2 Å². The lowest BCUT2D eigenvalue weighted by atomic mass is 10.1. The Bertz CT molecular complexity index is 1220. The minimum Gasteiger partial charge on any atom is -0.495 e. The SMILES string of the molecule is CCC(F)(F)c1cccc(NC(=O)c2c(C)nc(-c3ccc(OC)c(N4CCNCC4)c3)n2O)c1. The molecule has 1 fully saturated rings. The molecule has 0 saturated carbocycles. The van der Waals surface area contributed by atoms with Crippen molar-refractivity contribution in [3.05, 3.63) is 59.4 Å². The standard InChI is InChI=1S/C25H29F2N5O3/c1-4-25(26,27)18-6-5-7-19(15-18)30-24(33)22-16(2)29-23(32(22)34)17-8-9-21(35-3)20(14-17)31-12-10-28-11-13-31/h5-9,14-15,28,34H,4,10-13H2,1-3H3,(H,30,33). The van der Waals surface area contributed by atoms with Gasteiger partial charge in [0, 0.05) is 49.4 Å². The fourth-order valence-corrected chi connectivity index (χ4v) is 4.17. The molecule has 186 valence electrons. The summed E-state index contributed by atoms with van der Waals surface area (Å²) < 4.78 is 34.4.